The van der Waals surface area contributed by atoms with Gasteiger partial charge in [0.2, 0.25) is 5.89 Å². The molecule has 5 heteroatoms. The van der Waals surface area contributed by atoms with Gasteiger partial charge in [-0.15, -0.1) is 0 Å². The summed E-state index contributed by atoms with van der Waals surface area (Å²) in [5.41, 5.74) is 0.125. The molecule has 1 aromatic rings. The Kier molecular flexibility index (Phi) is 3.41. The van der Waals surface area contributed by atoms with Gasteiger partial charge in [-0.2, -0.15) is 4.98 Å². The molecular weight excluding hydrogens is 232 g/mol. The Balaban J connectivity index is 2.01. The SMILES string of the molecule is CC(C)(C)Cc1noc(C2CCC(C(=O)O)C2)n1. The van der Waals surface area contributed by atoms with Crippen LogP contribution in [0.2, 0.25) is 0 Å². The van der Waals surface area contributed by atoms with Crippen LogP contribution >= 0.6 is 0 Å². The van der Waals surface area contributed by atoms with Crippen LogP contribution in [0.15, 0.2) is 4.52 Å². The van der Waals surface area contributed by atoms with Crippen molar-refractivity contribution in [3.8, 4) is 0 Å². The average Bonchev–Trinajstić information content (AvgIpc) is 2.81. The van der Waals surface area contributed by atoms with Gasteiger partial charge in [-0.1, -0.05) is 25.9 Å². The maximum atomic E-state index is 10.9. The molecule has 1 aromatic heterocycles. The lowest BCUT2D eigenvalue weighted by Crippen LogP contribution is -2.10. The minimum Gasteiger partial charge on any atom is -0.481 e. The van der Waals surface area contributed by atoms with Crippen molar-refractivity contribution in [1.29, 1.82) is 0 Å². The number of aliphatic carboxylic acids is 1. The standard InChI is InChI=1S/C13H20N2O3/c1-13(2,3)7-10-14-11(18-15-10)8-4-5-9(6-8)12(16)17/h8-9H,4-7H2,1-3H3,(H,16,17). The average molecular weight is 252 g/mol. The van der Waals surface area contributed by atoms with Crippen molar-refractivity contribution in [2.24, 2.45) is 11.3 Å². The summed E-state index contributed by atoms with van der Waals surface area (Å²) in [5.74, 6) is 0.474. The zero-order chi connectivity index (χ0) is 13.3. The van der Waals surface area contributed by atoms with Gasteiger partial charge in [0.1, 0.15) is 0 Å². The first-order valence-corrected chi connectivity index (χ1v) is 6.40. The fraction of sp³-hybridized carbons (Fsp3) is 0.769. The molecule has 0 amide bonds. The Morgan fingerprint density at radius 1 is 1.44 bits per heavy atom. The number of carboxylic acids is 1. The topological polar surface area (TPSA) is 76.2 Å². The van der Waals surface area contributed by atoms with E-state index in [0.717, 1.165) is 18.7 Å². The molecule has 0 spiro atoms. The van der Waals surface area contributed by atoms with Gasteiger partial charge in [0, 0.05) is 12.3 Å². The third-order valence-electron chi connectivity index (χ3n) is 3.30. The number of rotatable bonds is 3. The van der Waals surface area contributed by atoms with Gasteiger partial charge < -0.3 is 9.63 Å². The van der Waals surface area contributed by atoms with Gasteiger partial charge in [0.25, 0.3) is 0 Å². The minimum absolute atomic E-state index is 0.118. The van der Waals surface area contributed by atoms with Crippen LogP contribution in [0.1, 0.15) is 57.7 Å². The van der Waals surface area contributed by atoms with Gasteiger partial charge in [-0.05, 0) is 24.7 Å². The third-order valence-corrected chi connectivity index (χ3v) is 3.30. The largest absolute Gasteiger partial charge is 0.481 e. The Morgan fingerprint density at radius 2 is 2.17 bits per heavy atom. The molecule has 2 unspecified atom stereocenters. The van der Waals surface area contributed by atoms with Gasteiger partial charge >= 0.3 is 5.97 Å². The molecule has 1 saturated carbocycles. The lowest BCUT2D eigenvalue weighted by atomic mass is 9.92. The summed E-state index contributed by atoms with van der Waals surface area (Å²) < 4.78 is 5.27. The number of hydrogen-bond donors (Lipinski definition) is 1. The zero-order valence-electron chi connectivity index (χ0n) is 11.1. The van der Waals surface area contributed by atoms with E-state index in [2.05, 4.69) is 30.9 Å². The third kappa shape index (κ3) is 3.09. The van der Waals surface area contributed by atoms with Crippen molar-refractivity contribution in [2.45, 2.75) is 52.4 Å². The van der Waals surface area contributed by atoms with Gasteiger partial charge in [0.15, 0.2) is 5.82 Å². The van der Waals surface area contributed by atoms with E-state index in [-0.39, 0.29) is 17.3 Å². The first-order chi connectivity index (χ1) is 8.35. The Labute approximate surface area is 107 Å². The van der Waals surface area contributed by atoms with E-state index in [4.69, 9.17) is 9.63 Å². The van der Waals surface area contributed by atoms with Crippen molar-refractivity contribution in [3.05, 3.63) is 11.7 Å². The number of nitrogens with zero attached hydrogens (tertiary/aromatic N) is 2. The molecule has 1 aliphatic carbocycles. The molecule has 18 heavy (non-hydrogen) atoms. The lowest BCUT2D eigenvalue weighted by molar-refractivity contribution is -0.141. The van der Waals surface area contributed by atoms with Crippen molar-refractivity contribution < 1.29 is 14.4 Å². The van der Waals surface area contributed by atoms with Crippen molar-refractivity contribution in [3.63, 3.8) is 0 Å². The summed E-state index contributed by atoms with van der Waals surface area (Å²) >= 11 is 0. The highest BCUT2D eigenvalue weighted by Crippen LogP contribution is 2.37. The first kappa shape index (κ1) is 13.1. The number of hydrogen-bond acceptors (Lipinski definition) is 4. The molecule has 1 fully saturated rings. The van der Waals surface area contributed by atoms with Gasteiger partial charge in [-0.3, -0.25) is 4.79 Å². The quantitative estimate of drug-likeness (QED) is 0.894. The van der Waals surface area contributed by atoms with Crippen LogP contribution in [-0.2, 0) is 11.2 Å². The molecule has 1 aliphatic rings. The summed E-state index contributed by atoms with van der Waals surface area (Å²) in [6, 6.07) is 0. The van der Waals surface area contributed by atoms with E-state index in [0.29, 0.717) is 18.7 Å². The van der Waals surface area contributed by atoms with E-state index < -0.39 is 5.97 Å². The molecule has 1 N–H and O–H groups in total. The van der Waals surface area contributed by atoms with Crippen LogP contribution in [0.25, 0.3) is 0 Å². The van der Waals surface area contributed by atoms with Crippen LogP contribution in [0.4, 0.5) is 0 Å². The van der Waals surface area contributed by atoms with Crippen LogP contribution in [0.3, 0.4) is 0 Å². The summed E-state index contributed by atoms with van der Waals surface area (Å²) in [7, 11) is 0. The van der Waals surface area contributed by atoms with E-state index in [1.165, 1.54) is 0 Å². The van der Waals surface area contributed by atoms with E-state index in [9.17, 15) is 4.79 Å². The second-order valence-electron chi connectivity index (χ2n) is 6.33. The number of aromatic nitrogens is 2. The molecule has 0 saturated heterocycles. The zero-order valence-corrected chi connectivity index (χ0v) is 11.1. The van der Waals surface area contributed by atoms with Crippen LogP contribution in [-0.4, -0.2) is 21.2 Å². The maximum absolute atomic E-state index is 10.9. The molecule has 0 radical (unpaired) electrons. The van der Waals surface area contributed by atoms with Crippen molar-refractivity contribution in [1.82, 2.24) is 10.1 Å². The summed E-state index contributed by atoms with van der Waals surface area (Å²) in [4.78, 5) is 15.3. The van der Waals surface area contributed by atoms with E-state index in [1.54, 1.807) is 0 Å². The minimum atomic E-state index is -0.716. The van der Waals surface area contributed by atoms with Gasteiger partial charge in [-0.25, -0.2) is 0 Å². The fourth-order valence-corrected chi connectivity index (χ4v) is 2.41. The van der Waals surface area contributed by atoms with Crippen LogP contribution < -0.4 is 0 Å². The van der Waals surface area contributed by atoms with Crippen molar-refractivity contribution >= 4 is 5.97 Å². The monoisotopic (exact) mass is 252 g/mol. The molecule has 0 bridgehead atoms. The number of carboxylic acid groups (broad SMARTS) is 1. The molecular formula is C13H20N2O3. The van der Waals surface area contributed by atoms with Gasteiger partial charge in [0.05, 0.1) is 5.92 Å². The first-order valence-electron chi connectivity index (χ1n) is 6.40. The lowest BCUT2D eigenvalue weighted by Gasteiger charge is -2.14. The van der Waals surface area contributed by atoms with E-state index in [1.807, 2.05) is 0 Å². The highest BCUT2D eigenvalue weighted by atomic mass is 16.5. The molecule has 1 heterocycles. The summed E-state index contributed by atoms with van der Waals surface area (Å²) in [6.07, 6.45) is 2.92. The highest BCUT2D eigenvalue weighted by molar-refractivity contribution is 5.70. The normalized spacial score (nSPS) is 24.4. The predicted molar refractivity (Wildman–Crippen MR) is 65.2 cm³/mol. The molecule has 2 atom stereocenters. The second kappa shape index (κ2) is 4.71. The fourth-order valence-electron chi connectivity index (χ4n) is 2.41. The summed E-state index contributed by atoms with van der Waals surface area (Å²) in [6.45, 7) is 6.37. The molecule has 2 rings (SSSR count). The van der Waals surface area contributed by atoms with Crippen LogP contribution in [0, 0.1) is 11.3 Å². The number of carbonyl (C=O) groups is 1. The smallest absolute Gasteiger partial charge is 0.306 e. The van der Waals surface area contributed by atoms with Crippen molar-refractivity contribution in [2.75, 3.05) is 0 Å². The maximum Gasteiger partial charge on any atom is 0.306 e. The second-order valence-corrected chi connectivity index (χ2v) is 6.33. The molecule has 5 nitrogen and oxygen atoms in total. The highest BCUT2D eigenvalue weighted by Gasteiger charge is 2.33. The predicted octanol–water partition coefficient (Wildman–Crippen LogP) is 2.63. The Morgan fingerprint density at radius 3 is 2.72 bits per heavy atom. The summed E-state index contributed by atoms with van der Waals surface area (Å²) in [5, 5.41) is 13.0. The van der Waals surface area contributed by atoms with Crippen LogP contribution in [0.5, 0.6) is 0 Å². The molecule has 0 aliphatic heterocycles. The molecule has 0 aromatic carbocycles. The Hall–Kier alpha value is -1.39. The van der Waals surface area contributed by atoms with E-state index >= 15 is 0 Å². The Bertz CT molecular complexity index is 434. The molecule has 100 valence electrons.